The van der Waals surface area contributed by atoms with Gasteiger partial charge in [0, 0.05) is 6.54 Å². The zero-order valence-corrected chi connectivity index (χ0v) is 10.6. The van der Waals surface area contributed by atoms with Gasteiger partial charge >= 0.3 is 0 Å². The molecule has 0 bridgehead atoms. The fourth-order valence-corrected chi connectivity index (χ4v) is 1.47. The Morgan fingerprint density at radius 3 is 2.47 bits per heavy atom. The number of nitrogens with one attached hydrogen (secondary N) is 1. The van der Waals surface area contributed by atoms with Crippen LogP contribution in [-0.2, 0) is 4.79 Å². The van der Waals surface area contributed by atoms with Crippen LogP contribution in [0.3, 0.4) is 0 Å². The van der Waals surface area contributed by atoms with E-state index in [-0.39, 0.29) is 17.4 Å². The van der Waals surface area contributed by atoms with Crippen LogP contribution in [0.25, 0.3) is 0 Å². The van der Waals surface area contributed by atoms with Crippen molar-refractivity contribution < 1.29 is 4.79 Å². The van der Waals surface area contributed by atoms with Crippen LogP contribution in [0.15, 0.2) is 0 Å². The van der Waals surface area contributed by atoms with Crippen molar-refractivity contribution in [3.63, 3.8) is 0 Å². The molecule has 0 rings (SSSR count). The van der Waals surface area contributed by atoms with Gasteiger partial charge in [0.05, 0.1) is 6.04 Å². The zero-order chi connectivity index (χ0) is 11.9. The number of carbonyl (C=O) groups excluding carboxylic acids is 1. The number of carbonyl (C=O) groups is 1. The molecular formula is C12H26N2O. The Labute approximate surface area is 93.8 Å². The molecule has 0 radical (unpaired) electrons. The lowest BCUT2D eigenvalue weighted by Gasteiger charge is -2.26. The highest BCUT2D eigenvalue weighted by atomic mass is 16.1. The number of unbranched alkanes of at least 4 members (excludes halogenated alkanes) is 2. The van der Waals surface area contributed by atoms with E-state index < -0.39 is 0 Å². The second-order valence-electron chi connectivity index (χ2n) is 5.13. The lowest BCUT2D eigenvalue weighted by Crippen LogP contribution is -2.43. The van der Waals surface area contributed by atoms with E-state index >= 15 is 0 Å². The Kier molecular flexibility index (Phi) is 6.57. The summed E-state index contributed by atoms with van der Waals surface area (Å²) in [6.07, 6.45) is 4.99. The molecule has 0 heterocycles. The first-order valence-electron chi connectivity index (χ1n) is 5.92. The van der Waals surface area contributed by atoms with Gasteiger partial charge < -0.3 is 11.1 Å². The summed E-state index contributed by atoms with van der Waals surface area (Å²) in [7, 11) is 0. The molecule has 3 heteroatoms. The Balaban J connectivity index is 3.77. The molecule has 0 saturated carbocycles. The SMILES string of the molecule is CCCCCC(C)(C)CNC(C)C(N)=O. The van der Waals surface area contributed by atoms with Crippen molar-refractivity contribution in [2.75, 3.05) is 6.54 Å². The van der Waals surface area contributed by atoms with E-state index in [0.29, 0.717) is 0 Å². The summed E-state index contributed by atoms with van der Waals surface area (Å²) in [6.45, 7) is 9.32. The number of hydrogen-bond donors (Lipinski definition) is 2. The zero-order valence-electron chi connectivity index (χ0n) is 10.6. The van der Waals surface area contributed by atoms with Gasteiger partial charge in [0.25, 0.3) is 0 Å². The van der Waals surface area contributed by atoms with Gasteiger partial charge in [-0.05, 0) is 18.8 Å². The average molecular weight is 214 g/mol. The molecule has 1 unspecified atom stereocenters. The molecule has 0 aliphatic heterocycles. The Morgan fingerprint density at radius 1 is 1.40 bits per heavy atom. The third-order valence-electron chi connectivity index (χ3n) is 2.77. The molecule has 3 N–H and O–H groups in total. The van der Waals surface area contributed by atoms with E-state index in [9.17, 15) is 4.79 Å². The minimum atomic E-state index is -0.278. The van der Waals surface area contributed by atoms with Gasteiger partial charge in [0.2, 0.25) is 5.91 Å². The van der Waals surface area contributed by atoms with Gasteiger partial charge in [-0.15, -0.1) is 0 Å². The van der Waals surface area contributed by atoms with E-state index in [2.05, 4.69) is 26.1 Å². The monoisotopic (exact) mass is 214 g/mol. The quantitative estimate of drug-likeness (QED) is 0.608. The van der Waals surface area contributed by atoms with E-state index in [1.807, 2.05) is 6.92 Å². The predicted octanol–water partition coefficient (Wildman–Crippen LogP) is 2.06. The Bertz CT molecular complexity index is 190. The van der Waals surface area contributed by atoms with Crippen molar-refractivity contribution in [1.82, 2.24) is 5.32 Å². The van der Waals surface area contributed by atoms with Crippen LogP contribution < -0.4 is 11.1 Å². The fraction of sp³-hybridized carbons (Fsp3) is 0.917. The number of primary amides is 1. The first-order chi connectivity index (χ1) is 6.89. The topological polar surface area (TPSA) is 55.1 Å². The average Bonchev–Trinajstić information content (AvgIpc) is 2.14. The highest BCUT2D eigenvalue weighted by molar-refractivity contribution is 5.79. The van der Waals surface area contributed by atoms with Crippen LogP contribution in [0.2, 0.25) is 0 Å². The second-order valence-corrected chi connectivity index (χ2v) is 5.13. The van der Waals surface area contributed by atoms with Gasteiger partial charge in [0.1, 0.15) is 0 Å². The summed E-state index contributed by atoms with van der Waals surface area (Å²) in [6, 6.07) is -0.226. The van der Waals surface area contributed by atoms with Crippen LogP contribution >= 0.6 is 0 Å². The van der Waals surface area contributed by atoms with Crippen molar-refractivity contribution in [2.45, 2.75) is 59.4 Å². The molecule has 0 aliphatic carbocycles. The highest BCUT2D eigenvalue weighted by Gasteiger charge is 2.19. The largest absolute Gasteiger partial charge is 0.368 e. The first kappa shape index (κ1) is 14.4. The second kappa shape index (κ2) is 6.83. The molecule has 0 fully saturated rings. The van der Waals surface area contributed by atoms with Crippen LogP contribution in [0.4, 0.5) is 0 Å². The molecule has 0 aromatic heterocycles. The van der Waals surface area contributed by atoms with Crippen molar-refractivity contribution in [3.05, 3.63) is 0 Å². The predicted molar refractivity (Wildman–Crippen MR) is 64.6 cm³/mol. The normalized spacial score (nSPS) is 13.9. The third-order valence-corrected chi connectivity index (χ3v) is 2.77. The molecule has 0 aliphatic rings. The van der Waals surface area contributed by atoms with Crippen molar-refractivity contribution in [2.24, 2.45) is 11.1 Å². The summed E-state index contributed by atoms with van der Waals surface area (Å²) in [5.41, 5.74) is 5.43. The molecule has 1 amide bonds. The van der Waals surface area contributed by atoms with Crippen LogP contribution in [-0.4, -0.2) is 18.5 Å². The van der Waals surface area contributed by atoms with Crippen LogP contribution in [0.5, 0.6) is 0 Å². The molecule has 90 valence electrons. The van der Waals surface area contributed by atoms with Gasteiger partial charge in [-0.3, -0.25) is 4.79 Å². The minimum Gasteiger partial charge on any atom is -0.368 e. The Hall–Kier alpha value is -0.570. The fourth-order valence-electron chi connectivity index (χ4n) is 1.47. The Morgan fingerprint density at radius 2 is 2.00 bits per heavy atom. The summed E-state index contributed by atoms with van der Waals surface area (Å²) in [5.74, 6) is -0.278. The van der Waals surface area contributed by atoms with Crippen molar-refractivity contribution >= 4 is 5.91 Å². The maximum absolute atomic E-state index is 10.8. The molecule has 1 atom stereocenters. The maximum atomic E-state index is 10.8. The molecule has 0 spiro atoms. The smallest absolute Gasteiger partial charge is 0.234 e. The standard InChI is InChI=1S/C12H26N2O/c1-5-6-7-8-12(3,4)9-14-10(2)11(13)15/h10,14H,5-9H2,1-4H3,(H2,13,15). The molecule has 15 heavy (non-hydrogen) atoms. The van der Waals surface area contributed by atoms with Gasteiger partial charge in [-0.1, -0.05) is 40.0 Å². The van der Waals surface area contributed by atoms with Crippen molar-refractivity contribution in [1.29, 1.82) is 0 Å². The maximum Gasteiger partial charge on any atom is 0.234 e. The first-order valence-corrected chi connectivity index (χ1v) is 5.92. The summed E-state index contributed by atoms with van der Waals surface area (Å²) in [4.78, 5) is 10.8. The molecular weight excluding hydrogens is 188 g/mol. The molecule has 0 saturated heterocycles. The molecule has 3 nitrogen and oxygen atoms in total. The van der Waals surface area contributed by atoms with E-state index in [1.54, 1.807) is 0 Å². The highest BCUT2D eigenvalue weighted by Crippen LogP contribution is 2.22. The van der Waals surface area contributed by atoms with E-state index in [1.165, 1.54) is 25.7 Å². The molecule has 0 aromatic carbocycles. The summed E-state index contributed by atoms with van der Waals surface area (Å²) in [5, 5.41) is 3.17. The number of hydrogen-bond acceptors (Lipinski definition) is 2. The van der Waals surface area contributed by atoms with Crippen LogP contribution in [0, 0.1) is 5.41 Å². The van der Waals surface area contributed by atoms with Gasteiger partial charge in [-0.25, -0.2) is 0 Å². The van der Waals surface area contributed by atoms with E-state index in [0.717, 1.165) is 6.54 Å². The third kappa shape index (κ3) is 7.37. The van der Waals surface area contributed by atoms with Gasteiger partial charge in [-0.2, -0.15) is 0 Å². The van der Waals surface area contributed by atoms with Crippen molar-refractivity contribution in [3.8, 4) is 0 Å². The minimum absolute atomic E-state index is 0.226. The lowest BCUT2D eigenvalue weighted by molar-refractivity contribution is -0.119. The van der Waals surface area contributed by atoms with Gasteiger partial charge in [0.15, 0.2) is 0 Å². The molecule has 0 aromatic rings. The number of rotatable bonds is 8. The van der Waals surface area contributed by atoms with Crippen LogP contribution in [0.1, 0.15) is 53.4 Å². The van der Waals surface area contributed by atoms with E-state index in [4.69, 9.17) is 5.73 Å². The summed E-state index contributed by atoms with van der Waals surface area (Å²) < 4.78 is 0. The summed E-state index contributed by atoms with van der Waals surface area (Å²) >= 11 is 0. The lowest BCUT2D eigenvalue weighted by atomic mass is 9.86. The number of nitrogens with two attached hydrogens (primary N) is 1. The number of amides is 1.